The molecule has 7 nitrogen and oxygen atoms in total. The van der Waals surface area contributed by atoms with Gasteiger partial charge in [-0.05, 0) is 37.3 Å². The molecule has 3 heterocycles. The second kappa shape index (κ2) is 8.79. The summed E-state index contributed by atoms with van der Waals surface area (Å²) in [7, 11) is 0. The van der Waals surface area contributed by atoms with Crippen LogP contribution in [0, 0.1) is 0 Å². The number of hydrogen-bond donors (Lipinski definition) is 1. The van der Waals surface area contributed by atoms with Gasteiger partial charge in [0.05, 0.1) is 28.5 Å². The molecule has 0 radical (unpaired) electrons. The van der Waals surface area contributed by atoms with E-state index in [1.165, 1.54) is 11.8 Å². The van der Waals surface area contributed by atoms with E-state index in [0.717, 1.165) is 37.7 Å². The molecule has 1 fully saturated rings. The van der Waals surface area contributed by atoms with E-state index in [-0.39, 0.29) is 11.2 Å². The molecule has 152 valence electrons. The molecular weight excluding hydrogens is 433 g/mol. The van der Waals surface area contributed by atoms with Gasteiger partial charge in [0.25, 0.3) is 0 Å². The molecule has 1 saturated heterocycles. The van der Waals surface area contributed by atoms with Gasteiger partial charge in [-0.3, -0.25) is 9.20 Å². The molecule has 1 N–H and O–H groups in total. The minimum Gasteiger partial charge on any atom is -0.378 e. The number of hydrogen-bond acceptors (Lipinski definition) is 6. The average molecular weight is 452 g/mol. The van der Waals surface area contributed by atoms with Gasteiger partial charge in [-0.25, -0.2) is 0 Å². The largest absolute Gasteiger partial charge is 0.378 e. The van der Waals surface area contributed by atoms with Crippen LogP contribution < -0.4 is 10.2 Å². The number of nitrogens with one attached hydrogen (secondary N) is 1. The summed E-state index contributed by atoms with van der Waals surface area (Å²) >= 11 is 13.5. The van der Waals surface area contributed by atoms with Crippen LogP contribution in [0.1, 0.15) is 6.92 Å². The Labute approximate surface area is 182 Å². The molecule has 0 spiro atoms. The van der Waals surface area contributed by atoms with Gasteiger partial charge in [-0.1, -0.05) is 35.0 Å². The van der Waals surface area contributed by atoms with Crippen LogP contribution >= 0.6 is 35.0 Å². The number of amides is 1. The number of thioether (sulfide) groups is 1. The molecule has 29 heavy (non-hydrogen) atoms. The second-order valence-corrected chi connectivity index (χ2v) is 8.73. The summed E-state index contributed by atoms with van der Waals surface area (Å²) in [5, 5.41) is 12.2. The van der Waals surface area contributed by atoms with E-state index in [1.54, 1.807) is 16.7 Å². The van der Waals surface area contributed by atoms with Crippen LogP contribution in [0.5, 0.6) is 0 Å². The lowest BCUT2D eigenvalue weighted by Crippen LogP contribution is -2.36. The van der Waals surface area contributed by atoms with Crippen LogP contribution in [0.4, 0.5) is 11.4 Å². The van der Waals surface area contributed by atoms with Crippen molar-refractivity contribution in [1.29, 1.82) is 0 Å². The van der Waals surface area contributed by atoms with E-state index in [4.69, 9.17) is 27.9 Å². The number of rotatable bonds is 5. The van der Waals surface area contributed by atoms with E-state index < -0.39 is 0 Å². The van der Waals surface area contributed by atoms with E-state index in [1.807, 2.05) is 31.2 Å². The number of carbonyl (C=O) groups is 1. The molecule has 2 aromatic heterocycles. The van der Waals surface area contributed by atoms with Gasteiger partial charge >= 0.3 is 0 Å². The summed E-state index contributed by atoms with van der Waals surface area (Å²) < 4.78 is 7.07. The number of anilines is 2. The molecule has 1 aliphatic rings. The van der Waals surface area contributed by atoms with Crippen molar-refractivity contribution in [2.75, 3.05) is 36.5 Å². The van der Waals surface area contributed by atoms with Gasteiger partial charge in [-0.15, -0.1) is 10.2 Å². The van der Waals surface area contributed by atoms with Crippen LogP contribution in [-0.2, 0) is 9.53 Å². The number of nitrogens with zero attached hydrogens (tertiary/aromatic N) is 4. The number of ether oxygens (including phenoxy) is 1. The van der Waals surface area contributed by atoms with Crippen molar-refractivity contribution in [3.05, 3.63) is 46.6 Å². The zero-order valence-corrected chi connectivity index (χ0v) is 18.0. The Morgan fingerprint density at radius 3 is 2.66 bits per heavy atom. The molecule has 0 bridgehead atoms. The minimum absolute atomic E-state index is 0.126. The van der Waals surface area contributed by atoms with Crippen molar-refractivity contribution in [3.63, 3.8) is 0 Å². The Hall–Kier alpha value is -2.00. The summed E-state index contributed by atoms with van der Waals surface area (Å²) in [6.45, 7) is 5.04. The van der Waals surface area contributed by atoms with Crippen molar-refractivity contribution < 1.29 is 9.53 Å². The molecule has 1 aromatic carbocycles. The van der Waals surface area contributed by atoms with E-state index in [9.17, 15) is 4.79 Å². The number of halogens is 2. The molecule has 1 amide bonds. The van der Waals surface area contributed by atoms with Gasteiger partial charge in [0.1, 0.15) is 0 Å². The van der Waals surface area contributed by atoms with Crippen molar-refractivity contribution >= 4 is 57.9 Å². The first kappa shape index (κ1) is 20.3. The molecule has 1 aliphatic heterocycles. The predicted octanol–water partition coefficient (Wildman–Crippen LogP) is 3.99. The number of carbonyl (C=O) groups excluding carboxylic acids is 1. The third kappa shape index (κ3) is 4.61. The highest BCUT2D eigenvalue weighted by Crippen LogP contribution is 2.28. The summed E-state index contributed by atoms with van der Waals surface area (Å²) in [6.07, 6.45) is 1.68. The molecule has 10 heteroatoms. The fourth-order valence-corrected chi connectivity index (χ4v) is 4.35. The SMILES string of the molecule is CC(Sc1nnc2c(Cl)cc(Cl)cn12)C(=O)Nc1ccc(N2CCOCC2)cc1. The molecule has 4 rings (SSSR count). The smallest absolute Gasteiger partial charge is 0.237 e. The third-order valence-corrected chi connectivity index (χ3v) is 6.10. The Morgan fingerprint density at radius 1 is 1.21 bits per heavy atom. The topological polar surface area (TPSA) is 71.8 Å². The fourth-order valence-electron chi connectivity index (χ4n) is 3.02. The molecular formula is C19H19Cl2N5O2S. The van der Waals surface area contributed by atoms with E-state index >= 15 is 0 Å². The monoisotopic (exact) mass is 451 g/mol. The van der Waals surface area contributed by atoms with Crippen LogP contribution in [0.25, 0.3) is 5.65 Å². The zero-order chi connectivity index (χ0) is 20.4. The Bertz CT molecular complexity index is 1020. The van der Waals surface area contributed by atoms with Crippen LogP contribution in [0.15, 0.2) is 41.7 Å². The van der Waals surface area contributed by atoms with Gasteiger partial charge in [-0.2, -0.15) is 0 Å². The zero-order valence-electron chi connectivity index (χ0n) is 15.6. The first-order valence-electron chi connectivity index (χ1n) is 9.11. The standard InChI is InChI=1S/C19H19Cl2N5O2S/c1-12(29-19-24-23-17-16(21)10-13(20)11-26(17)19)18(27)22-14-2-4-15(5-3-14)25-6-8-28-9-7-25/h2-5,10-12H,6-9H2,1H3,(H,22,27). The lowest BCUT2D eigenvalue weighted by molar-refractivity contribution is -0.115. The summed E-state index contributed by atoms with van der Waals surface area (Å²) in [5.41, 5.74) is 2.37. The van der Waals surface area contributed by atoms with E-state index in [0.29, 0.717) is 20.8 Å². The highest BCUT2D eigenvalue weighted by Gasteiger charge is 2.19. The summed E-state index contributed by atoms with van der Waals surface area (Å²) in [4.78, 5) is 14.9. The molecule has 1 atom stereocenters. The van der Waals surface area contributed by atoms with Crippen molar-refractivity contribution in [3.8, 4) is 0 Å². The number of pyridine rings is 1. The van der Waals surface area contributed by atoms with Crippen molar-refractivity contribution in [1.82, 2.24) is 14.6 Å². The Morgan fingerprint density at radius 2 is 1.93 bits per heavy atom. The fraction of sp³-hybridized carbons (Fsp3) is 0.316. The van der Waals surface area contributed by atoms with Gasteiger partial charge in [0, 0.05) is 30.7 Å². The maximum atomic E-state index is 12.6. The Balaban J connectivity index is 1.41. The van der Waals surface area contributed by atoms with E-state index in [2.05, 4.69) is 20.4 Å². The summed E-state index contributed by atoms with van der Waals surface area (Å²) in [6, 6.07) is 9.44. The lowest BCUT2D eigenvalue weighted by atomic mass is 10.2. The Kier molecular flexibility index (Phi) is 6.15. The van der Waals surface area contributed by atoms with Crippen LogP contribution in [0.2, 0.25) is 10.0 Å². The molecule has 0 saturated carbocycles. The molecule has 0 aliphatic carbocycles. The first-order valence-corrected chi connectivity index (χ1v) is 10.7. The first-order chi connectivity index (χ1) is 14.0. The normalized spacial score (nSPS) is 15.5. The second-order valence-electron chi connectivity index (χ2n) is 6.58. The minimum atomic E-state index is -0.390. The van der Waals surface area contributed by atoms with Crippen molar-refractivity contribution in [2.45, 2.75) is 17.3 Å². The maximum Gasteiger partial charge on any atom is 0.237 e. The predicted molar refractivity (Wildman–Crippen MR) is 116 cm³/mol. The quantitative estimate of drug-likeness (QED) is 0.591. The van der Waals surface area contributed by atoms with Gasteiger partial charge < -0.3 is 15.0 Å². The number of aromatic nitrogens is 3. The summed E-state index contributed by atoms with van der Waals surface area (Å²) in [5.74, 6) is -0.126. The number of morpholine rings is 1. The van der Waals surface area contributed by atoms with Gasteiger partial charge in [0.2, 0.25) is 5.91 Å². The maximum absolute atomic E-state index is 12.6. The van der Waals surface area contributed by atoms with Crippen LogP contribution in [0.3, 0.4) is 0 Å². The molecule has 1 unspecified atom stereocenters. The lowest BCUT2D eigenvalue weighted by Gasteiger charge is -2.28. The van der Waals surface area contributed by atoms with Gasteiger partial charge in [0.15, 0.2) is 10.8 Å². The number of fused-ring (bicyclic) bond motifs is 1. The highest BCUT2D eigenvalue weighted by atomic mass is 35.5. The third-order valence-electron chi connectivity index (χ3n) is 4.56. The van der Waals surface area contributed by atoms with Crippen LogP contribution in [-0.4, -0.2) is 52.1 Å². The highest BCUT2D eigenvalue weighted by molar-refractivity contribution is 8.00. The van der Waals surface area contributed by atoms with Crippen molar-refractivity contribution in [2.24, 2.45) is 0 Å². The molecule has 3 aromatic rings. The average Bonchev–Trinajstić information content (AvgIpc) is 3.12. The number of benzene rings is 1.